The molecule has 2 aromatic carbocycles. The second-order valence-electron chi connectivity index (χ2n) is 5.55. The van der Waals surface area contributed by atoms with Crippen LogP contribution in [0.1, 0.15) is 6.42 Å². The van der Waals surface area contributed by atoms with Crippen LogP contribution in [-0.4, -0.2) is 22.2 Å². The van der Waals surface area contributed by atoms with Crippen LogP contribution in [0.5, 0.6) is 0 Å². The maximum atomic E-state index is 13.6. The molecule has 5 nitrogen and oxygen atoms in total. The van der Waals surface area contributed by atoms with E-state index in [-0.39, 0.29) is 5.17 Å². The highest BCUT2D eigenvalue weighted by Crippen LogP contribution is 2.29. The summed E-state index contributed by atoms with van der Waals surface area (Å²) in [4.78, 5) is 28.1. The van der Waals surface area contributed by atoms with Gasteiger partial charge in [0.1, 0.15) is 10.9 Å². The molecule has 0 saturated carbocycles. The van der Waals surface area contributed by atoms with Gasteiger partial charge in [-0.05, 0) is 12.1 Å². The Balaban J connectivity index is 1.71. The average molecular weight is 415 g/mol. The first-order valence-electron chi connectivity index (χ1n) is 7.70. The number of halogens is 5. The van der Waals surface area contributed by atoms with Gasteiger partial charge in [0.05, 0.1) is 5.69 Å². The largest absolute Gasteiger partial charge is 0.321 e. The third kappa shape index (κ3) is 3.98. The fourth-order valence-corrected chi connectivity index (χ4v) is 3.27. The zero-order valence-corrected chi connectivity index (χ0v) is 14.5. The van der Waals surface area contributed by atoms with Gasteiger partial charge in [-0.1, -0.05) is 30.0 Å². The molecular formula is C17H10F5N3O2S. The first-order chi connectivity index (χ1) is 13.3. The molecule has 1 aliphatic heterocycles. The van der Waals surface area contributed by atoms with Crippen molar-refractivity contribution in [3.8, 4) is 0 Å². The Labute approximate surface area is 159 Å². The molecule has 146 valence electrons. The van der Waals surface area contributed by atoms with E-state index in [0.717, 1.165) is 11.8 Å². The summed E-state index contributed by atoms with van der Waals surface area (Å²) in [5.74, 6) is -12.7. The van der Waals surface area contributed by atoms with E-state index in [1.807, 2.05) is 0 Å². The third-order valence-corrected chi connectivity index (χ3v) is 4.69. The molecule has 1 aliphatic rings. The average Bonchev–Trinajstić information content (AvgIpc) is 3.01. The Morgan fingerprint density at radius 1 is 1.00 bits per heavy atom. The maximum absolute atomic E-state index is 13.6. The lowest BCUT2D eigenvalue weighted by atomic mass is 10.2. The number of aliphatic imine (C=N–C) groups is 1. The number of carbonyl (C=O) groups is 2. The third-order valence-electron chi connectivity index (χ3n) is 3.61. The normalized spacial score (nSPS) is 17.7. The fourth-order valence-electron chi connectivity index (χ4n) is 2.29. The number of hydrogen-bond acceptors (Lipinski definition) is 4. The highest BCUT2D eigenvalue weighted by Gasteiger charge is 2.33. The number of para-hydroxylation sites is 1. The molecule has 0 bridgehead atoms. The number of anilines is 1. The summed E-state index contributed by atoms with van der Waals surface area (Å²) in [5, 5.41) is 3.31. The smallest absolute Gasteiger partial charge is 0.240 e. The van der Waals surface area contributed by atoms with Crippen LogP contribution in [-0.2, 0) is 9.59 Å². The minimum absolute atomic E-state index is 0.213. The van der Waals surface area contributed by atoms with Crippen LogP contribution >= 0.6 is 11.8 Å². The molecule has 2 N–H and O–H groups in total. The number of rotatable bonds is 4. The van der Waals surface area contributed by atoms with Crippen molar-refractivity contribution >= 4 is 40.1 Å². The van der Waals surface area contributed by atoms with E-state index >= 15 is 0 Å². The molecule has 1 fully saturated rings. The number of carbonyl (C=O) groups excluding carboxylic acids is 2. The lowest BCUT2D eigenvalue weighted by Crippen LogP contribution is -2.28. The van der Waals surface area contributed by atoms with Crippen molar-refractivity contribution < 1.29 is 31.5 Å². The predicted octanol–water partition coefficient (Wildman–Crippen LogP) is 3.63. The summed E-state index contributed by atoms with van der Waals surface area (Å²) in [6, 6.07) is 8.61. The molecule has 1 saturated heterocycles. The van der Waals surface area contributed by atoms with Crippen molar-refractivity contribution in [1.29, 1.82) is 0 Å². The van der Waals surface area contributed by atoms with Gasteiger partial charge in [-0.15, -0.1) is 0 Å². The summed E-state index contributed by atoms with van der Waals surface area (Å²) >= 11 is 0.903. The highest BCUT2D eigenvalue weighted by molar-refractivity contribution is 8.15. The second-order valence-corrected chi connectivity index (χ2v) is 6.74. The van der Waals surface area contributed by atoms with E-state index < -0.39 is 58.3 Å². The number of nitrogens with one attached hydrogen (secondary N) is 2. The molecule has 11 heteroatoms. The zero-order valence-electron chi connectivity index (χ0n) is 13.7. The van der Waals surface area contributed by atoms with Crippen LogP contribution in [0.25, 0.3) is 0 Å². The van der Waals surface area contributed by atoms with Crippen molar-refractivity contribution in [2.75, 3.05) is 5.32 Å². The summed E-state index contributed by atoms with van der Waals surface area (Å²) in [7, 11) is 0. The topological polar surface area (TPSA) is 70.6 Å². The Morgan fingerprint density at radius 3 is 2.18 bits per heavy atom. The molecule has 2 aromatic rings. The molecule has 1 heterocycles. The molecule has 2 amide bonds. The van der Waals surface area contributed by atoms with Crippen LogP contribution in [0.15, 0.2) is 35.3 Å². The number of hydrogen-bond donors (Lipinski definition) is 2. The highest BCUT2D eigenvalue weighted by atomic mass is 32.2. The second kappa shape index (κ2) is 7.97. The molecular weight excluding hydrogens is 405 g/mol. The number of nitrogens with zero attached hydrogens (tertiary/aromatic N) is 1. The summed E-state index contributed by atoms with van der Waals surface area (Å²) in [5.41, 5.74) is -0.917. The van der Waals surface area contributed by atoms with Gasteiger partial charge < -0.3 is 10.6 Å². The minimum Gasteiger partial charge on any atom is -0.321 e. The molecule has 0 unspecified atom stereocenters. The number of thioether (sulfide) groups is 1. The number of benzene rings is 2. The molecule has 0 spiro atoms. The van der Waals surface area contributed by atoms with Crippen LogP contribution in [0, 0.1) is 29.1 Å². The van der Waals surface area contributed by atoms with E-state index in [1.165, 1.54) is 0 Å². The van der Waals surface area contributed by atoms with Crippen LogP contribution in [0.3, 0.4) is 0 Å². The fraction of sp³-hybridized carbons (Fsp3) is 0.118. The predicted molar refractivity (Wildman–Crippen MR) is 92.5 cm³/mol. The van der Waals surface area contributed by atoms with Gasteiger partial charge in [0.15, 0.2) is 28.4 Å². The van der Waals surface area contributed by atoms with E-state index in [9.17, 15) is 31.5 Å². The van der Waals surface area contributed by atoms with E-state index in [2.05, 4.69) is 10.3 Å². The summed E-state index contributed by atoms with van der Waals surface area (Å²) in [6.45, 7) is 0. The van der Waals surface area contributed by atoms with E-state index in [0.29, 0.717) is 5.69 Å². The molecule has 1 atom stereocenters. The lowest BCUT2D eigenvalue weighted by molar-refractivity contribution is -0.122. The first kappa shape index (κ1) is 19.8. The Hall–Kier alpha value is -2.95. The molecule has 3 rings (SSSR count). The van der Waals surface area contributed by atoms with Gasteiger partial charge in [0.2, 0.25) is 17.6 Å². The van der Waals surface area contributed by atoms with Crippen LogP contribution < -0.4 is 10.6 Å². The van der Waals surface area contributed by atoms with Crippen molar-refractivity contribution in [1.82, 2.24) is 5.32 Å². The quantitative estimate of drug-likeness (QED) is 0.455. The van der Waals surface area contributed by atoms with E-state index in [1.54, 1.807) is 35.6 Å². The number of amides is 2. The van der Waals surface area contributed by atoms with Gasteiger partial charge >= 0.3 is 0 Å². The Morgan fingerprint density at radius 2 is 1.57 bits per heavy atom. The zero-order chi connectivity index (χ0) is 20.4. The summed E-state index contributed by atoms with van der Waals surface area (Å²) < 4.78 is 66.6. The number of amidine groups is 1. The SMILES string of the molecule is O=C(C[C@H]1SC(=Nc2ccccc2)NC1=O)Nc1c(F)c(F)c(F)c(F)c1F. The molecule has 0 radical (unpaired) electrons. The van der Waals surface area contributed by atoms with Gasteiger partial charge in [0, 0.05) is 6.42 Å². The van der Waals surface area contributed by atoms with Crippen molar-refractivity contribution in [3.63, 3.8) is 0 Å². The van der Waals surface area contributed by atoms with Gasteiger partial charge in [0.25, 0.3) is 0 Å². The lowest BCUT2D eigenvalue weighted by Gasteiger charge is -2.11. The maximum Gasteiger partial charge on any atom is 0.240 e. The van der Waals surface area contributed by atoms with Crippen molar-refractivity contribution in [2.45, 2.75) is 11.7 Å². The molecule has 0 aliphatic carbocycles. The van der Waals surface area contributed by atoms with Gasteiger partial charge in [-0.25, -0.2) is 26.9 Å². The van der Waals surface area contributed by atoms with Gasteiger partial charge in [-0.2, -0.15) is 0 Å². The Kier molecular flexibility index (Phi) is 5.63. The first-order valence-corrected chi connectivity index (χ1v) is 8.58. The minimum atomic E-state index is -2.33. The van der Waals surface area contributed by atoms with Crippen molar-refractivity contribution in [3.05, 3.63) is 59.4 Å². The monoisotopic (exact) mass is 415 g/mol. The van der Waals surface area contributed by atoms with Crippen molar-refractivity contribution in [2.24, 2.45) is 4.99 Å². The standard InChI is InChI=1S/C17H10F5N3O2S/c18-10-11(19)13(21)15(14(22)12(10)20)24-9(26)6-8-16(27)25-17(28-8)23-7-4-2-1-3-5-7/h1-5,8H,6H2,(H,24,26)(H,23,25,27)/t8-/m1/s1. The Bertz CT molecular complexity index is 955. The van der Waals surface area contributed by atoms with E-state index in [4.69, 9.17) is 0 Å². The van der Waals surface area contributed by atoms with Crippen LogP contribution in [0.4, 0.5) is 33.3 Å². The summed E-state index contributed by atoms with van der Waals surface area (Å²) in [6.07, 6.45) is -0.566. The molecule has 0 aromatic heterocycles. The van der Waals surface area contributed by atoms with Gasteiger partial charge in [-0.3, -0.25) is 9.59 Å². The van der Waals surface area contributed by atoms with Crippen LogP contribution in [0.2, 0.25) is 0 Å². The molecule has 28 heavy (non-hydrogen) atoms.